The van der Waals surface area contributed by atoms with E-state index < -0.39 is 32.3 Å². The summed E-state index contributed by atoms with van der Waals surface area (Å²) in [5, 5.41) is 18.0. The number of carbonyl (C=O) groups is 2. The number of hydrogen-bond acceptors (Lipinski definition) is 7. The Balaban J connectivity index is 2.91. The molecule has 0 saturated carbocycles. The van der Waals surface area contributed by atoms with E-state index in [2.05, 4.69) is 15.5 Å². The van der Waals surface area contributed by atoms with Gasteiger partial charge in [0.1, 0.15) is 6.04 Å². The Morgan fingerprint density at radius 3 is 2.53 bits per heavy atom. The van der Waals surface area contributed by atoms with Gasteiger partial charge in [0.05, 0.1) is 0 Å². The summed E-state index contributed by atoms with van der Waals surface area (Å²) in [6.07, 6.45) is 0.0892. The zero-order valence-electron chi connectivity index (χ0n) is 10.1. The molecule has 1 heterocycles. The van der Waals surface area contributed by atoms with Gasteiger partial charge in [-0.25, -0.2) is 8.42 Å². The SMILES string of the molecule is CC[C@@H](NS(=O)(=O)c1nnc(NC(C)=O)s1)C(=O)O. The topological polar surface area (TPSA) is 138 Å². The number of carbonyl (C=O) groups excluding carboxylic acids is 1. The smallest absolute Gasteiger partial charge is 0.321 e. The van der Waals surface area contributed by atoms with Crippen molar-refractivity contribution in [2.24, 2.45) is 0 Å². The molecule has 1 amide bonds. The molecule has 1 aromatic heterocycles. The summed E-state index contributed by atoms with van der Waals surface area (Å²) in [6, 6.07) is -1.24. The van der Waals surface area contributed by atoms with E-state index in [0.29, 0.717) is 11.3 Å². The number of nitrogens with zero attached hydrogens (tertiary/aromatic N) is 2. The normalized spacial score (nSPS) is 12.9. The summed E-state index contributed by atoms with van der Waals surface area (Å²) in [6.45, 7) is 2.77. The third-order valence-corrected chi connectivity index (χ3v) is 4.60. The molecule has 0 unspecified atom stereocenters. The van der Waals surface area contributed by atoms with E-state index in [-0.39, 0.29) is 11.6 Å². The van der Waals surface area contributed by atoms with Crippen molar-refractivity contribution in [3.63, 3.8) is 0 Å². The van der Waals surface area contributed by atoms with Gasteiger partial charge in [0.25, 0.3) is 10.0 Å². The third-order valence-electron chi connectivity index (χ3n) is 1.92. The number of nitrogens with one attached hydrogen (secondary N) is 2. The molecule has 1 rings (SSSR count). The zero-order valence-corrected chi connectivity index (χ0v) is 11.7. The van der Waals surface area contributed by atoms with Crippen LogP contribution in [0.4, 0.5) is 5.13 Å². The molecule has 0 bridgehead atoms. The van der Waals surface area contributed by atoms with Crippen molar-refractivity contribution in [1.82, 2.24) is 14.9 Å². The molecule has 1 aromatic rings. The Morgan fingerprint density at radius 1 is 1.42 bits per heavy atom. The van der Waals surface area contributed by atoms with Gasteiger partial charge in [-0.05, 0) is 6.42 Å². The average molecular weight is 308 g/mol. The van der Waals surface area contributed by atoms with Crippen LogP contribution < -0.4 is 10.0 Å². The van der Waals surface area contributed by atoms with Crippen LogP contribution in [0, 0.1) is 0 Å². The highest BCUT2D eigenvalue weighted by Crippen LogP contribution is 2.20. The lowest BCUT2D eigenvalue weighted by atomic mass is 10.2. The maximum atomic E-state index is 11.8. The van der Waals surface area contributed by atoms with E-state index in [1.165, 1.54) is 13.8 Å². The number of amides is 1. The standard InChI is InChI=1S/C8H12N4O5S2/c1-3-5(6(14)15)12-19(16,17)8-11-10-7(18-8)9-4(2)13/h5,12H,3H2,1-2H3,(H,14,15)(H,9,10,13)/t5-/m1/s1. The van der Waals surface area contributed by atoms with Crippen LogP contribution in [0.2, 0.25) is 0 Å². The van der Waals surface area contributed by atoms with Crippen molar-refractivity contribution < 1.29 is 23.1 Å². The van der Waals surface area contributed by atoms with Crippen molar-refractivity contribution in [3.05, 3.63) is 0 Å². The number of rotatable bonds is 6. The molecule has 19 heavy (non-hydrogen) atoms. The van der Waals surface area contributed by atoms with E-state index in [4.69, 9.17) is 5.11 Å². The van der Waals surface area contributed by atoms with Crippen LogP contribution >= 0.6 is 11.3 Å². The van der Waals surface area contributed by atoms with Crippen molar-refractivity contribution in [3.8, 4) is 0 Å². The molecule has 0 aliphatic rings. The Morgan fingerprint density at radius 2 is 2.05 bits per heavy atom. The highest BCUT2D eigenvalue weighted by Gasteiger charge is 2.27. The van der Waals surface area contributed by atoms with E-state index in [9.17, 15) is 18.0 Å². The Hall–Kier alpha value is -1.59. The van der Waals surface area contributed by atoms with E-state index in [0.717, 1.165) is 0 Å². The van der Waals surface area contributed by atoms with Gasteiger partial charge in [0, 0.05) is 6.92 Å². The predicted octanol–water partition coefficient (Wildman–Crippen LogP) is -0.362. The minimum atomic E-state index is -4.07. The van der Waals surface area contributed by atoms with Crippen molar-refractivity contribution in [1.29, 1.82) is 0 Å². The highest BCUT2D eigenvalue weighted by molar-refractivity contribution is 7.91. The van der Waals surface area contributed by atoms with E-state index >= 15 is 0 Å². The lowest BCUT2D eigenvalue weighted by Crippen LogP contribution is -2.40. The number of sulfonamides is 1. The average Bonchev–Trinajstić information content (AvgIpc) is 2.73. The minimum absolute atomic E-state index is 0.0243. The van der Waals surface area contributed by atoms with Gasteiger partial charge in [-0.15, -0.1) is 10.2 Å². The fraction of sp³-hybridized carbons (Fsp3) is 0.500. The molecule has 0 aromatic carbocycles. The van der Waals surface area contributed by atoms with Gasteiger partial charge in [-0.1, -0.05) is 18.3 Å². The number of carboxylic acids is 1. The molecular weight excluding hydrogens is 296 g/mol. The van der Waals surface area contributed by atoms with Crippen LogP contribution in [0.25, 0.3) is 0 Å². The molecule has 0 aliphatic carbocycles. The van der Waals surface area contributed by atoms with Crippen LogP contribution in [-0.2, 0) is 19.6 Å². The first-order valence-corrected chi connectivity index (χ1v) is 7.42. The largest absolute Gasteiger partial charge is 0.480 e. The van der Waals surface area contributed by atoms with Crippen LogP contribution in [0.1, 0.15) is 20.3 Å². The second-order valence-electron chi connectivity index (χ2n) is 3.47. The van der Waals surface area contributed by atoms with Gasteiger partial charge in [-0.3, -0.25) is 9.59 Å². The second-order valence-corrected chi connectivity index (χ2v) is 6.34. The van der Waals surface area contributed by atoms with E-state index in [1.807, 2.05) is 4.72 Å². The van der Waals surface area contributed by atoms with Gasteiger partial charge in [0.2, 0.25) is 15.4 Å². The quantitative estimate of drug-likeness (QED) is 0.610. The van der Waals surface area contributed by atoms with Crippen molar-refractivity contribution in [2.75, 3.05) is 5.32 Å². The summed E-state index contributed by atoms with van der Waals surface area (Å²) >= 11 is 0.635. The Kier molecular flexibility index (Phi) is 4.91. The molecular formula is C8H12N4O5S2. The molecule has 3 N–H and O–H groups in total. The molecule has 106 valence electrons. The summed E-state index contributed by atoms with van der Waals surface area (Å²) < 4.78 is 25.2. The van der Waals surface area contributed by atoms with Gasteiger partial charge in [-0.2, -0.15) is 4.72 Å². The number of carboxylic acid groups (broad SMARTS) is 1. The first-order valence-electron chi connectivity index (χ1n) is 5.12. The maximum Gasteiger partial charge on any atom is 0.321 e. The summed E-state index contributed by atoms with van der Waals surface area (Å²) in [5.41, 5.74) is 0. The van der Waals surface area contributed by atoms with Crippen LogP contribution in [-0.4, -0.2) is 41.6 Å². The molecule has 0 radical (unpaired) electrons. The number of aromatic nitrogens is 2. The zero-order chi connectivity index (χ0) is 14.6. The lowest BCUT2D eigenvalue weighted by Gasteiger charge is -2.10. The highest BCUT2D eigenvalue weighted by atomic mass is 32.2. The molecule has 9 nitrogen and oxygen atoms in total. The number of hydrogen-bond donors (Lipinski definition) is 3. The van der Waals surface area contributed by atoms with Crippen LogP contribution in [0.3, 0.4) is 0 Å². The molecule has 0 fully saturated rings. The molecule has 0 aliphatic heterocycles. The molecule has 0 saturated heterocycles. The molecule has 0 spiro atoms. The minimum Gasteiger partial charge on any atom is -0.480 e. The fourth-order valence-corrected chi connectivity index (χ4v) is 3.30. The van der Waals surface area contributed by atoms with Crippen LogP contribution in [0.5, 0.6) is 0 Å². The predicted molar refractivity (Wildman–Crippen MR) is 66.2 cm³/mol. The summed E-state index contributed by atoms with van der Waals surface area (Å²) in [5.74, 6) is -1.69. The lowest BCUT2D eigenvalue weighted by molar-refractivity contribution is -0.139. The molecule has 1 atom stereocenters. The van der Waals surface area contributed by atoms with Gasteiger partial charge in [0.15, 0.2) is 0 Å². The van der Waals surface area contributed by atoms with Crippen molar-refractivity contribution >= 4 is 38.4 Å². The third kappa shape index (κ3) is 4.22. The van der Waals surface area contributed by atoms with Gasteiger partial charge < -0.3 is 10.4 Å². The molecule has 11 heteroatoms. The summed E-state index contributed by atoms with van der Waals surface area (Å²) in [7, 11) is -4.07. The monoisotopic (exact) mass is 308 g/mol. The second kappa shape index (κ2) is 6.04. The maximum absolute atomic E-state index is 11.8. The van der Waals surface area contributed by atoms with Gasteiger partial charge >= 0.3 is 5.97 Å². The Bertz CT molecular complexity index is 582. The summed E-state index contributed by atoms with van der Waals surface area (Å²) in [4.78, 5) is 21.5. The Labute approximate surface area is 113 Å². The van der Waals surface area contributed by atoms with Crippen molar-refractivity contribution in [2.45, 2.75) is 30.6 Å². The number of aliphatic carboxylic acids is 1. The number of anilines is 1. The fourth-order valence-electron chi connectivity index (χ4n) is 1.07. The van der Waals surface area contributed by atoms with Crippen LogP contribution in [0.15, 0.2) is 4.34 Å². The van der Waals surface area contributed by atoms with E-state index in [1.54, 1.807) is 0 Å². The first-order chi connectivity index (χ1) is 8.76. The first kappa shape index (κ1) is 15.5.